The minimum Gasteiger partial charge on any atom is -0.444 e. The smallest absolute Gasteiger partial charge is 0.410 e. The monoisotopic (exact) mass is 517 g/mol. The van der Waals surface area contributed by atoms with Crippen molar-refractivity contribution < 1.29 is 28.7 Å². The second-order valence-corrected chi connectivity index (χ2v) is 11.3. The maximum absolute atomic E-state index is 13.2. The van der Waals surface area contributed by atoms with Gasteiger partial charge >= 0.3 is 6.09 Å². The predicted octanol–water partition coefficient (Wildman–Crippen LogP) is 3.76. The third kappa shape index (κ3) is 8.01. The maximum Gasteiger partial charge on any atom is 0.410 e. The van der Waals surface area contributed by atoms with E-state index in [1.165, 1.54) is 4.90 Å². The first kappa shape index (κ1) is 30.3. The van der Waals surface area contributed by atoms with E-state index < -0.39 is 23.8 Å². The molecule has 1 saturated heterocycles. The van der Waals surface area contributed by atoms with Gasteiger partial charge in [0.05, 0.1) is 0 Å². The number of ether oxygens (including phenoxy) is 1. The van der Waals surface area contributed by atoms with Crippen LogP contribution >= 0.6 is 0 Å². The van der Waals surface area contributed by atoms with Crippen molar-refractivity contribution in [1.29, 1.82) is 0 Å². The summed E-state index contributed by atoms with van der Waals surface area (Å²) in [5, 5.41) is 5.70. The average Bonchev–Trinajstić information content (AvgIpc) is 3.29. The third-order valence-electron chi connectivity index (χ3n) is 6.73. The van der Waals surface area contributed by atoms with Gasteiger partial charge in [0.1, 0.15) is 17.7 Å². The molecule has 3 amide bonds. The number of rotatable bonds is 9. The first-order valence-electron chi connectivity index (χ1n) is 13.2. The topological polar surface area (TPSA) is 122 Å². The van der Waals surface area contributed by atoms with E-state index in [1.54, 1.807) is 41.5 Å². The van der Waals surface area contributed by atoms with E-state index in [0.717, 1.165) is 0 Å². The molecule has 0 unspecified atom stereocenters. The molecule has 2 aliphatic rings. The first-order chi connectivity index (χ1) is 17.1. The Labute approximate surface area is 220 Å². The summed E-state index contributed by atoms with van der Waals surface area (Å²) < 4.78 is 5.45. The summed E-state index contributed by atoms with van der Waals surface area (Å²) in [5.41, 5.74) is 1.31. The molecule has 0 aromatic carbocycles. The van der Waals surface area contributed by atoms with Crippen LogP contribution in [-0.4, -0.2) is 64.6 Å². The van der Waals surface area contributed by atoms with Gasteiger partial charge < -0.3 is 15.4 Å². The summed E-state index contributed by atoms with van der Waals surface area (Å²) in [6.07, 6.45) is 2.59. The molecule has 9 nitrogen and oxygen atoms in total. The molecule has 37 heavy (non-hydrogen) atoms. The highest BCUT2D eigenvalue weighted by molar-refractivity contribution is 6.24. The second kappa shape index (κ2) is 12.5. The lowest BCUT2D eigenvalue weighted by Crippen LogP contribution is -2.54. The Hall–Kier alpha value is -2.97. The molecule has 2 atom stereocenters. The van der Waals surface area contributed by atoms with Gasteiger partial charge in [0.25, 0.3) is 0 Å². The number of nitrogens with one attached hydrogen (secondary N) is 2. The predicted molar refractivity (Wildman–Crippen MR) is 141 cm³/mol. The fraction of sp³-hybridized carbons (Fsp3) is 0.679. The third-order valence-corrected chi connectivity index (χ3v) is 6.73. The minimum atomic E-state index is -0.779. The molecule has 1 aliphatic heterocycles. The molecule has 0 aromatic heterocycles. The van der Waals surface area contributed by atoms with Gasteiger partial charge in [-0.25, -0.2) is 4.79 Å². The van der Waals surface area contributed by atoms with Crippen LogP contribution in [0.25, 0.3) is 0 Å². The lowest BCUT2D eigenvalue weighted by atomic mass is 9.84. The zero-order valence-electron chi connectivity index (χ0n) is 23.6. The number of amides is 3. The van der Waals surface area contributed by atoms with Crippen LogP contribution < -0.4 is 10.6 Å². The van der Waals surface area contributed by atoms with Crippen LogP contribution in [0, 0.1) is 0 Å². The number of carbonyl (C=O) groups excluding carboxylic acids is 5. The van der Waals surface area contributed by atoms with E-state index >= 15 is 0 Å². The zero-order chi connectivity index (χ0) is 28.1. The van der Waals surface area contributed by atoms with Crippen molar-refractivity contribution in [2.24, 2.45) is 0 Å². The van der Waals surface area contributed by atoms with Crippen molar-refractivity contribution in [3.8, 4) is 0 Å². The van der Waals surface area contributed by atoms with Crippen molar-refractivity contribution in [3.05, 3.63) is 22.3 Å². The minimum absolute atomic E-state index is 0.0968. The quantitative estimate of drug-likeness (QED) is 0.355. The molecule has 2 rings (SSSR count). The number of likely N-dealkylation sites (tertiary alicyclic amines) is 1. The van der Waals surface area contributed by atoms with Crippen LogP contribution in [0.15, 0.2) is 22.3 Å². The van der Waals surface area contributed by atoms with Gasteiger partial charge in [-0.2, -0.15) is 0 Å². The summed E-state index contributed by atoms with van der Waals surface area (Å²) in [4.78, 5) is 65.2. The van der Waals surface area contributed by atoms with Gasteiger partial charge in [-0.3, -0.25) is 24.1 Å². The number of carbonyl (C=O) groups is 5. The van der Waals surface area contributed by atoms with E-state index in [9.17, 15) is 24.0 Å². The van der Waals surface area contributed by atoms with Crippen molar-refractivity contribution in [2.75, 3.05) is 6.54 Å². The lowest BCUT2D eigenvalue weighted by Gasteiger charge is -2.29. The summed E-state index contributed by atoms with van der Waals surface area (Å²) in [5.74, 6) is -0.867. The first-order valence-corrected chi connectivity index (χ1v) is 13.2. The molecule has 206 valence electrons. The summed E-state index contributed by atoms with van der Waals surface area (Å²) in [6.45, 7) is 14.5. The maximum atomic E-state index is 13.2. The van der Waals surface area contributed by atoms with Crippen molar-refractivity contribution >= 4 is 29.5 Å². The molecular formula is C28H43N3O6. The SMILES string of the molecule is CC1=C(C)C(=O)C(CCCC[C@H](NC(=O)[C@@H]2CCCN2C(=O)OC(C)(C)C)C(=O)NC(C)C)=C(C)C1=O. The highest BCUT2D eigenvalue weighted by Crippen LogP contribution is 2.28. The number of nitrogens with zero attached hydrogens (tertiary/aromatic N) is 1. The lowest BCUT2D eigenvalue weighted by molar-refractivity contribution is -0.131. The van der Waals surface area contributed by atoms with E-state index in [-0.39, 0.29) is 29.4 Å². The zero-order valence-corrected chi connectivity index (χ0v) is 23.6. The van der Waals surface area contributed by atoms with E-state index in [4.69, 9.17) is 4.74 Å². The number of allylic oxidation sites excluding steroid dienone is 4. The standard InChI is InChI=1S/C28H43N3O6/c1-16(2)29-25(34)21(13-10-9-12-20-19(5)23(32)17(3)18(4)24(20)33)30-26(35)22-14-11-15-31(22)27(36)37-28(6,7)8/h16,21-22H,9-15H2,1-8H3,(H,29,34)(H,30,35)/t21-,22-/m0/s1. The Balaban J connectivity index is 2.04. The average molecular weight is 518 g/mol. The molecular weight excluding hydrogens is 474 g/mol. The number of unbranched alkanes of at least 4 members (excludes halogenated alkanes) is 1. The molecule has 0 aromatic rings. The van der Waals surface area contributed by atoms with Crippen molar-refractivity contribution in [1.82, 2.24) is 15.5 Å². The van der Waals surface area contributed by atoms with Gasteiger partial charge in [0.15, 0.2) is 11.6 Å². The largest absolute Gasteiger partial charge is 0.444 e. The molecule has 0 saturated carbocycles. The molecule has 1 aliphatic carbocycles. The van der Waals surface area contributed by atoms with Gasteiger partial charge in [-0.15, -0.1) is 0 Å². The highest BCUT2D eigenvalue weighted by atomic mass is 16.6. The fourth-order valence-electron chi connectivity index (χ4n) is 4.61. The Morgan fingerprint density at radius 2 is 1.59 bits per heavy atom. The summed E-state index contributed by atoms with van der Waals surface area (Å²) in [7, 11) is 0. The molecule has 0 bridgehead atoms. The Kier molecular flexibility index (Phi) is 10.2. The van der Waals surface area contributed by atoms with Crippen LogP contribution in [0.2, 0.25) is 0 Å². The molecule has 0 radical (unpaired) electrons. The number of Topliss-reactive ketones (excluding diaryl/α,β-unsaturated/α-hetero) is 2. The summed E-state index contributed by atoms with van der Waals surface area (Å²) in [6, 6.07) is -1.58. The number of hydrogen-bond donors (Lipinski definition) is 2. The van der Waals surface area contributed by atoms with Gasteiger partial charge in [-0.1, -0.05) is 6.42 Å². The van der Waals surface area contributed by atoms with Gasteiger partial charge in [0.2, 0.25) is 11.8 Å². The van der Waals surface area contributed by atoms with Crippen LogP contribution in [0.5, 0.6) is 0 Å². The van der Waals surface area contributed by atoms with E-state index in [0.29, 0.717) is 67.4 Å². The van der Waals surface area contributed by atoms with Crippen LogP contribution in [0.3, 0.4) is 0 Å². The van der Waals surface area contributed by atoms with Crippen LogP contribution in [-0.2, 0) is 23.9 Å². The van der Waals surface area contributed by atoms with E-state index in [2.05, 4.69) is 10.6 Å². The Morgan fingerprint density at radius 3 is 2.19 bits per heavy atom. The van der Waals surface area contributed by atoms with E-state index in [1.807, 2.05) is 13.8 Å². The number of ketones is 2. The molecule has 2 N–H and O–H groups in total. The molecule has 0 spiro atoms. The van der Waals surface area contributed by atoms with Crippen molar-refractivity contribution in [2.45, 2.75) is 118 Å². The second-order valence-electron chi connectivity index (χ2n) is 11.3. The highest BCUT2D eigenvalue weighted by Gasteiger charge is 2.38. The van der Waals surface area contributed by atoms with Crippen LogP contribution in [0.1, 0.15) is 93.9 Å². The molecule has 1 fully saturated rings. The summed E-state index contributed by atoms with van der Waals surface area (Å²) >= 11 is 0. The normalized spacial score (nSPS) is 19.5. The number of hydrogen-bond acceptors (Lipinski definition) is 6. The van der Waals surface area contributed by atoms with Crippen LogP contribution in [0.4, 0.5) is 4.79 Å². The van der Waals surface area contributed by atoms with Gasteiger partial charge in [-0.05, 0) is 87.5 Å². The molecule has 9 heteroatoms. The Morgan fingerprint density at radius 1 is 0.973 bits per heavy atom. The fourth-order valence-corrected chi connectivity index (χ4v) is 4.61. The van der Waals surface area contributed by atoms with Gasteiger partial charge in [0, 0.05) is 34.9 Å². The molecule has 1 heterocycles. The van der Waals surface area contributed by atoms with Crippen molar-refractivity contribution in [3.63, 3.8) is 0 Å². The Bertz CT molecular complexity index is 1000.